The zero-order valence-electron chi connectivity index (χ0n) is 17.1. The number of non-ortho nitro benzene ring substituents is 1. The van der Waals surface area contributed by atoms with Gasteiger partial charge in [-0.3, -0.25) is 14.9 Å². The third kappa shape index (κ3) is 3.96. The molecule has 1 aliphatic rings. The summed E-state index contributed by atoms with van der Waals surface area (Å²) in [5, 5.41) is 16.0. The van der Waals surface area contributed by atoms with Crippen LogP contribution in [0.1, 0.15) is 42.2 Å². The number of nitro groups is 1. The number of esters is 1. The van der Waals surface area contributed by atoms with Crippen molar-refractivity contribution in [2.45, 2.75) is 32.7 Å². The Bertz CT molecular complexity index is 1190. The number of aryl methyl sites for hydroxylation is 1. The molecule has 1 aliphatic heterocycles. The summed E-state index contributed by atoms with van der Waals surface area (Å²) in [5.41, 5.74) is 2.24. The highest BCUT2D eigenvalue weighted by molar-refractivity contribution is 5.98. The molecule has 1 aromatic carbocycles. The maximum Gasteiger partial charge on any atom is 0.340 e. The number of fused-ring (bicyclic) bond motifs is 2. The van der Waals surface area contributed by atoms with Gasteiger partial charge in [-0.25, -0.2) is 14.5 Å². The number of aromatic nitrogens is 3. The summed E-state index contributed by atoms with van der Waals surface area (Å²) in [6, 6.07) is 6.19. The molecule has 4 rings (SSSR count). The lowest BCUT2D eigenvalue weighted by Crippen LogP contribution is -2.38. The topological polar surface area (TPSA) is 120 Å². The first-order valence-corrected chi connectivity index (χ1v) is 9.93. The van der Waals surface area contributed by atoms with E-state index in [9.17, 15) is 19.7 Å². The van der Waals surface area contributed by atoms with E-state index in [1.165, 1.54) is 23.2 Å². The Morgan fingerprint density at radius 3 is 2.81 bits per heavy atom. The summed E-state index contributed by atoms with van der Waals surface area (Å²) >= 11 is 0. The van der Waals surface area contributed by atoms with Crippen molar-refractivity contribution >= 4 is 34.3 Å². The highest BCUT2D eigenvalue weighted by Gasteiger charge is 2.25. The average Bonchev–Trinajstić information content (AvgIpc) is 3.20. The molecule has 0 atom stereocenters. The van der Waals surface area contributed by atoms with Crippen molar-refractivity contribution < 1.29 is 19.2 Å². The molecule has 3 aromatic rings. The molecular formula is C21H21N5O5. The number of nitro benzene ring substituents is 1. The number of hydrogen-bond acceptors (Lipinski definition) is 7. The van der Waals surface area contributed by atoms with Crippen LogP contribution in [0.4, 0.5) is 11.4 Å². The molecule has 0 radical (unpaired) electrons. The van der Waals surface area contributed by atoms with Crippen LogP contribution in [0, 0.1) is 10.1 Å². The molecule has 31 heavy (non-hydrogen) atoms. The Morgan fingerprint density at radius 1 is 1.26 bits per heavy atom. The van der Waals surface area contributed by atoms with Crippen molar-refractivity contribution in [2.24, 2.45) is 0 Å². The summed E-state index contributed by atoms with van der Waals surface area (Å²) < 4.78 is 6.97. The number of hydrogen-bond donors (Lipinski definition) is 0. The lowest BCUT2D eigenvalue weighted by atomic mass is 10.0. The van der Waals surface area contributed by atoms with E-state index >= 15 is 0 Å². The van der Waals surface area contributed by atoms with Crippen LogP contribution >= 0.6 is 0 Å². The second-order valence-electron chi connectivity index (χ2n) is 7.61. The minimum Gasteiger partial charge on any atom is -0.452 e. The first-order chi connectivity index (χ1) is 14.8. The highest BCUT2D eigenvalue weighted by atomic mass is 16.6. The van der Waals surface area contributed by atoms with Crippen LogP contribution in [0.5, 0.6) is 0 Å². The Balaban J connectivity index is 1.45. The van der Waals surface area contributed by atoms with Crippen molar-refractivity contribution in [2.75, 3.05) is 18.1 Å². The molecule has 3 heterocycles. The standard InChI is InChI=1S/C21H21N5O5/c1-13(2)25-20-15(11-23-25)8-16(10-22-20)21(28)31-12-19(27)24-7-3-4-14-9-17(26(29)30)5-6-18(14)24/h5-6,8-11,13H,3-4,7,12H2,1-2H3. The van der Waals surface area contributed by atoms with Crippen LogP contribution in [0.25, 0.3) is 11.0 Å². The molecular weight excluding hydrogens is 402 g/mol. The number of amides is 1. The van der Waals surface area contributed by atoms with E-state index < -0.39 is 17.5 Å². The van der Waals surface area contributed by atoms with Crippen LogP contribution in [-0.4, -0.2) is 44.7 Å². The first-order valence-electron chi connectivity index (χ1n) is 9.93. The molecule has 0 N–H and O–H groups in total. The third-order valence-electron chi connectivity index (χ3n) is 5.18. The van der Waals surface area contributed by atoms with Gasteiger partial charge in [0.2, 0.25) is 0 Å². The first kappa shape index (κ1) is 20.5. The molecule has 10 nitrogen and oxygen atoms in total. The van der Waals surface area contributed by atoms with Crippen molar-refractivity contribution in [1.29, 1.82) is 0 Å². The largest absolute Gasteiger partial charge is 0.452 e. The van der Waals surface area contributed by atoms with Gasteiger partial charge in [0.25, 0.3) is 11.6 Å². The predicted octanol–water partition coefficient (Wildman–Crippen LogP) is 3.06. The number of ether oxygens (including phenoxy) is 1. The molecule has 0 saturated heterocycles. The van der Waals surface area contributed by atoms with Crippen LogP contribution < -0.4 is 4.90 Å². The molecule has 0 fully saturated rings. The van der Waals surface area contributed by atoms with Gasteiger partial charge in [-0.1, -0.05) is 0 Å². The van der Waals surface area contributed by atoms with Gasteiger partial charge in [0.1, 0.15) is 0 Å². The Kier molecular flexibility index (Phi) is 5.37. The lowest BCUT2D eigenvalue weighted by molar-refractivity contribution is -0.384. The lowest BCUT2D eigenvalue weighted by Gasteiger charge is -2.29. The van der Waals surface area contributed by atoms with Gasteiger partial charge >= 0.3 is 5.97 Å². The number of carbonyl (C=O) groups excluding carboxylic acids is 2. The average molecular weight is 423 g/mol. The normalized spacial score (nSPS) is 13.3. The van der Waals surface area contributed by atoms with Crippen LogP contribution in [0.3, 0.4) is 0 Å². The molecule has 0 bridgehead atoms. The van der Waals surface area contributed by atoms with Crippen LogP contribution in [0.15, 0.2) is 36.7 Å². The summed E-state index contributed by atoms with van der Waals surface area (Å²) in [4.78, 5) is 41.5. The molecule has 160 valence electrons. The van der Waals surface area contributed by atoms with Crippen molar-refractivity contribution in [3.8, 4) is 0 Å². The SMILES string of the molecule is CC(C)n1ncc2cc(C(=O)OCC(=O)N3CCCc4cc([N+](=O)[O-])ccc43)cnc21. The van der Waals surface area contributed by atoms with Gasteiger partial charge in [-0.05, 0) is 44.4 Å². The molecule has 0 saturated carbocycles. The predicted molar refractivity (Wildman–Crippen MR) is 112 cm³/mol. The van der Waals surface area contributed by atoms with E-state index in [1.807, 2.05) is 13.8 Å². The molecule has 0 spiro atoms. The van der Waals surface area contributed by atoms with Crippen molar-refractivity contribution in [3.63, 3.8) is 0 Å². The molecule has 1 amide bonds. The fourth-order valence-electron chi connectivity index (χ4n) is 3.67. The molecule has 2 aromatic heterocycles. The summed E-state index contributed by atoms with van der Waals surface area (Å²) in [6.07, 6.45) is 4.36. The van der Waals surface area contributed by atoms with E-state index in [4.69, 9.17) is 4.74 Å². The number of rotatable bonds is 5. The maximum atomic E-state index is 12.7. The fourth-order valence-corrected chi connectivity index (χ4v) is 3.67. The zero-order chi connectivity index (χ0) is 22.1. The van der Waals surface area contributed by atoms with Crippen molar-refractivity contribution in [3.05, 3.63) is 57.9 Å². The van der Waals surface area contributed by atoms with E-state index in [2.05, 4.69) is 10.1 Å². The summed E-state index contributed by atoms with van der Waals surface area (Å²) in [5.74, 6) is -1.04. The van der Waals surface area contributed by atoms with E-state index in [0.29, 0.717) is 36.1 Å². The van der Waals surface area contributed by atoms with Crippen molar-refractivity contribution in [1.82, 2.24) is 14.8 Å². The second-order valence-corrected chi connectivity index (χ2v) is 7.61. The number of benzene rings is 1. The van der Waals surface area contributed by atoms with E-state index in [0.717, 1.165) is 5.56 Å². The Hall–Kier alpha value is -3.82. The summed E-state index contributed by atoms with van der Waals surface area (Å²) in [7, 11) is 0. The van der Waals surface area contributed by atoms with Gasteiger partial charge in [0, 0.05) is 42.0 Å². The van der Waals surface area contributed by atoms with Gasteiger partial charge in [0.05, 0.1) is 16.7 Å². The van der Waals surface area contributed by atoms with Gasteiger partial charge in [-0.2, -0.15) is 5.10 Å². The van der Waals surface area contributed by atoms with Crippen LogP contribution in [-0.2, 0) is 16.0 Å². The second kappa shape index (κ2) is 8.13. The Morgan fingerprint density at radius 2 is 2.06 bits per heavy atom. The van der Waals surface area contributed by atoms with E-state index in [1.54, 1.807) is 23.0 Å². The maximum absolute atomic E-state index is 12.7. The number of pyridine rings is 1. The zero-order valence-corrected chi connectivity index (χ0v) is 17.1. The monoisotopic (exact) mass is 423 g/mol. The van der Waals surface area contributed by atoms with Crippen LogP contribution in [0.2, 0.25) is 0 Å². The Labute approximate surface area is 177 Å². The molecule has 0 aliphatic carbocycles. The minimum atomic E-state index is -0.652. The number of carbonyl (C=O) groups is 2. The quantitative estimate of drug-likeness (QED) is 0.351. The third-order valence-corrected chi connectivity index (χ3v) is 5.18. The minimum absolute atomic E-state index is 0.0110. The van der Waals surface area contributed by atoms with Gasteiger partial charge in [0.15, 0.2) is 12.3 Å². The van der Waals surface area contributed by atoms with Gasteiger partial charge in [-0.15, -0.1) is 0 Å². The van der Waals surface area contributed by atoms with E-state index in [-0.39, 0.29) is 23.2 Å². The number of anilines is 1. The fraction of sp³-hybridized carbons (Fsp3) is 0.333. The number of nitrogens with zero attached hydrogens (tertiary/aromatic N) is 5. The highest BCUT2D eigenvalue weighted by Crippen LogP contribution is 2.30. The summed E-state index contributed by atoms with van der Waals surface area (Å²) in [6.45, 7) is 4.00. The van der Waals surface area contributed by atoms with Gasteiger partial charge < -0.3 is 9.64 Å². The smallest absolute Gasteiger partial charge is 0.340 e. The molecule has 10 heteroatoms. The molecule has 0 unspecified atom stereocenters.